The molecule has 6 rings (SSSR count). The molecule has 0 spiro atoms. The maximum absolute atomic E-state index is 6.36. The topological polar surface area (TPSA) is 50.4 Å². The van der Waals surface area contributed by atoms with Crippen molar-refractivity contribution in [3.63, 3.8) is 0 Å². The van der Waals surface area contributed by atoms with Crippen molar-refractivity contribution in [2.24, 2.45) is 10.7 Å². The monoisotopic (exact) mass is 387 g/mol. The minimum atomic E-state index is 0.413. The minimum absolute atomic E-state index is 0.413. The zero-order valence-corrected chi connectivity index (χ0v) is 16.5. The summed E-state index contributed by atoms with van der Waals surface area (Å²) >= 11 is 0. The molecule has 0 fully saturated rings. The Morgan fingerprint density at radius 1 is 0.733 bits per heavy atom. The van der Waals surface area contributed by atoms with Gasteiger partial charge in [-0.2, -0.15) is 0 Å². The Bertz CT molecular complexity index is 1480. The number of aryl methyl sites for hydroxylation is 2. The van der Waals surface area contributed by atoms with Gasteiger partial charge in [0.25, 0.3) is 0 Å². The fraction of sp³-hybridized carbons (Fsp3) is 0.0741. The third-order valence-corrected chi connectivity index (χ3v) is 6.11. The predicted octanol–water partition coefficient (Wildman–Crippen LogP) is 6.30. The molecule has 0 radical (unpaired) electrons. The van der Waals surface area contributed by atoms with Gasteiger partial charge in [-0.25, -0.2) is 4.99 Å². The van der Waals surface area contributed by atoms with Crippen LogP contribution in [0.4, 0.5) is 11.4 Å². The third-order valence-electron chi connectivity index (χ3n) is 6.11. The first kappa shape index (κ1) is 17.0. The van der Waals surface area contributed by atoms with Crippen molar-refractivity contribution in [2.75, 3.05) is 5.32 Å². The largest absolute Gasteiger partial charge is 0.369 e. The maximum atomic E-state index is 6.36. The van der Waals surface area contributed by atoms with E-state index in [0.29, 0.717) is 5.96 Å². The van der Waals surface area contributed by atoms with Crippen LogP contribution in [-0.2, 0) is 12.8 Å². The first-order chi connectivity index (χ1) is 14.8. The van der Waals surface area contributed by atoms with Crippen LogP contribution >= 0.6 is 0 Å². The molecule has 144 valence electrons. The first-order valence-corrected chi connectivity index (χ1v) is 10.3. The van der Waals surface area contributed by atoms with Gasteiger partial charge < -0.3 is 11.1 Å². The highest BCUT2D eigenvalue weighted by Crippen LogP contribution is 2.37. The van der Waals surface area contributed by atoms with E-state index in [9.17, 15) is 0 Å². The number of anilines is 1. The number of benzene rings is 5. The van der Waals surface area contributed by atoms with Gasteiger partial charge >= 0.3 is 0 Å². The molecule has 0 heterocycles. The lowest BCUT2D eigenvalue weighted by Crippen LogP contribution is -2.22. The summed E-state index contributed by atoms with van der Waals surface area (Å²) in [6, 6.07) is 29.8. The smallest absolute Gasteiger partial charge is 0.198 e. The van der Waals surface area contributed by atoms with Crippen molar-refractivity contribution in [3.8, 4) is 0 Å². The van der Waals surface area contributed by atoms with Crippen LogP contribution in [0.5, 0.6) is 0 Å². The molecule has 0 saturated heterocycles. The SMILES string of the molecule is NC(=Nc1ccc2cccc3c2c1CC3)Nc1cccc2cc3ccccc3cc12. The summed E-state index contributed by atoms with van der Waals surface area (Å²) in [6.45, 7) is 0. The molecule has 0 bridgehead atoms. The molecule has 0 saturated carbocycles. The van der Waals surface area contributed by atoms with E-state index in [1.54, 1.807) is 0 Å². The highest BCUT2D eigenvalue weighted by Gasteiger charge is 2.17. The van der Waals surface area contributed by atoms with E-state index in [1.807, 2.05) is 0 Å². The van der Waals surface area contributed by atoms with Crippen LogP contribution in [0.1, 0.15) is 11.1 Å². The number of nitrogens with zero attached hydrogens (tertiary/aromatic N) is 1. The minimum Gasteiger partial charge on any atom is -0.369 e. The summed E-state index contributed by atoms with van der Waals surface area (Å²) in [5, 5.41) is 10.7. The molecule has 0 atom stereocenters. The molecule has 0 amide bonds. The second kappa shape index (κ2) is 6.60. The fourth-order valence-corrected chi connectivity index (χ4v) is 4.72. The van der Waals surface area contributed by atoms with Gasteiger partial charge in [0.05, 0.1) is 5.69 Å². The van der Waals surface area contributed by atoms with Crippen molar-refractivity contribution < 1.29 is 0 Å². The third kappa shape index (κ3) is 2.71. The number of nitrogens with two attached hydrogens (primary N) is 1. The molecule has 30 heavy (non-hydrogen) atoms. The van der Waals surface area contributed by atoms with Gasteiger partial charge in [0.15, 0.2) is 5.96 Å². The number of rotatable bonds is 2. The van der Waals surface area contributed by atoms with Gasteiger partial charge in [-0.3, -0.25) is 0 Å². The van der Waals surface area contributed by atoms with Crippen LogP contribution in [-0.4, -0.2) is 5.96 Å². The molecule has 1 aliphatic rings. The normalized spacial score (nSPS) is 13.4. The van der Waals surface area contributed by atoms with Crippen LogP contribution in [0.3, 0.4) is 0 Å². The summed E-state index contributed by atoms with van der Waals surface area (Å²) in [6.07, 6.45) is 2.09. The Labute approximate surface area is 174 Å². The number of aliphatic imine (C=N–C) groups is 1. The summed E-state index contributed by atoms with van der Waals surface area (Å²) in [5.41, 5.74) is 11.0. The molecule has 3 nitrogen and oxygen atoms in total. The van der Waals surface area contributed by atoms with Crippen LogP contribution in [0.15, 0.2) is 89.9 Å². The van der Waals surface area contributed by atoms with E-state index in [-0.39, 0.29) is 0 Å². The number of guanidine groups is 1. The van der Waals surface area contributed by atoms with Gasteiger partial charge in [0.1, 0.15) is 0 Å². The van der Waals surface area contributed by atoms with Crippen LogP contribution in [0.25, 0.3) is 32.3 Å². The summed E-state index contributed by atoms with van der Waals surface area (Å²) in [7, 11) is 0. The molecule has 0 unspecified atom stereocenters. The average Bonchev–Trinajstić information content (AvgIpc) is 3.21. The Kier molecular flexibility index (Phi) is 3.75. The van der Waals surface area contributed by atoms with Gasteiger partial charge in [-0.05, 0) is 75.2 Å². The van der Waals surface area contributed by atoms with E-state index in [0.717, 1.165) is 29.6 Å². The van der Waals surface area contributed by atoms with Gasteiger partial charge in [-0.1, -0.05) is 60.7 Å². The van der Waals surface area contributed by atoms with E-state index < -0.39 is 0 Å². The lowest BCUT2D eigenvalue weighted by atomic mass is 10.0. The Hall–Kier alpha value is -3.85. The van der Waals surface area contributed by atoms with Gasteiger partial charge in [0, 0.05) is 11.1 Å². The summed E-state index contributed by atoms with van der Waals surface area (Å²) in [4.78, 5) is 4.76. The maximum Gasteiger partial charge on any atom is 0.198 e. The highest BCUT2D eigenvalue weighted by atomic mass is 15.1. The van der Waals surface area contributed by atoms with Crippen LogP contribution in [0.2, 0.25) is 0 Å². The van der Waals surface area contributed by atoms with Crippen molar-refractivity contribution in [2.45, 2.75) is 12.8 Å². The first-order valence-electron chi connectivity index (χ1n) is 10.3. The zero-order valence-electron chi connectivity index (χ0n) is 16.5. The molecule has 5 aromatic rings. The quantitative estimate of drug-likeness (QED) is 0.212. The Morgan fingerprint density at radius 2 is 1.50 bits per heavy atom. The molecular formula is C27H21N3. The van der Waals surface area contributed by atoms with E-state index in [2.05, 4.69) is 90.2 Å². The molecule has 0 aromatic heterocycles. The lowest BCUT2D eigenvalue weighted by molar-refractivity contribution is 1.02. The van der Waals surface area contributed by atoms with E-state index in [4.69, 9.17) is 10.7 Å². The highest BCUT2D eigenvalue weighted by molar-refractivity contribution is 6.08. The lowest BCUT2D eigenvalue weighted by Gasteiger charge is -2.11. The number of fused-ring (bicyclic) bond motifs is 2. The summed E-state index contributed by atoms with van der Waals surface area (Å²) < 4.78 is 0. The second-order valence-electron chi connectivity index (χ2n) is 7.93. The summed E-state index contributed by atoms with van der Waals surface area (Å²) in [5.74, 6) is 0.413. The molecule has 0 aliphatic heterocycles. The number of hydrogen-bond donors (Lipinski definition) is 2. The fourth-order valence-electron chi connectivity index (χ4n) is 4.72. The molecule has 3 heteroatoms. The molecule has 5 aromatic carbocycles. The standard InChI is InChI=1S/C27H21N3/c28-27(30-25-14-12-18-8-3-7-17-11-13-22(25)26(17)18)29-24-10-4-9-21-15-19-5-1-2-6-20(19)16-23(21)24/h1-10,12,14-16H,11,13H2,(H3,28,29,30). The zero-order chi connectivity index (χ0) is 20.1. The van der Waals surface area contributed by atoms with E-state index in [1.165, 1.54) is 38.1 Å². The molecule has 3 N–H and O–H groups in total. The van der Waals surface area contributed by atoms with Crippen molar-refractivity contribution in [3.05, 3.63) is 96.1 Å². The van der Waals surface area contributed by atoms with Gasteiger partial charge in [-0.15, -0.1) is 0 Å². The van der Waals surface area contributed by atoms with Crippen LogP contribution < -0.4 is 11.1 Å². The average molecular weight is 387 g/mol. The predicted molar refractivity (Wildman–Crippen MR) is 128 cm³/mol. The number of nitrogens with one attached hydrogen (secondary N) is 1. The van der Waals surface area contributed by atoms with E-state index >= 15 is 0 Å². The van der Waals surface area contributed by atoms with Crippen molar-refractivity contribution in [1.29, 1.82) is 0 Å². The number of hydrogen-bond acceptors (Lipinski definition) is 1. The van der Waals surface area contributed by atoms with Crippen LogP contribution in [0, 0.1) is 0 Å². The molecule has 1 aliphatic carbocycles. The van der Waals surface area contributed by atoms with Crippen molar-refractivity contribution in [1.82, 2.24) is 0 Å². The Balaban J connectivity index is 1.42. The van der Waals surface area contributed by atoms with Crippen molar-refractivity contribution >= 4 is 49.7 Å². The molecular weight excluding hydrogens is 366 g/mol. The Morgan fingerprint density at radius 3 is 2.40 bits per heavy atom. The second-order valence-corrected chi connectivity index (χ2v) is 7.93. The van der Waals surface area contributed by atoms with Gasteiger partial charge in [0.2, 0.25) is 0 Å².